The van der Waals surface area contributed by atoms with Gasteiger partial charge in [-0.15, -0.1) is 0 Å². The molecule has 0 amide bonds. The first-order valence-corrected chi connectivity index (χ1v) is 17.5. The van der Waals surface area contributed by atoms with Crippen molar-refractivity contribution >= 4 is 0 Å². The molecule has 4 aromatic rings. The van der Waals surface area contributed by atoms with E-state index in [0.717, 1.165) is 22.3 Å². The maximum atomic E-state index is 10.3. The van der Waals surface area contributed by atoms with Crippen LogP contribution in [0.3, 0.4) is 0 Å². The van der Waals surface area contributed by atoms with Gasteiger partial charge >= 0.3 is 0 Å². The third-order valence-electron chi connectivity index (χ3n) is 9.34. The molecule has 12 unspecified atom stereocenters. The summed E-state index contributed by atoms with van der Waals surface area (Å²) in [6.45, 7) is -0.220. The molecule has 4 fully saturated rings. The Labute approximate surface area is 302 Å². The van der Waals surface area contributed by atoms with Gasteiger partial charge in [-0.25, -0.2) is 0 Å². The lowest BCUT2D eigenvalue weighted by Gasteiger charge is -2.47. The van der Waals surface area contributed by atoms with Gasteiger partial charge in [0.25, 0.3) is 0 Å². The fraction of sp³-hybridized carbons (Fsp3) is 0.400. The van der Waals surface area contributed by atoms with Crippen molar-refractivity contribution in [2.24, 2.45) is 0 Å². The average molecular weight is 717 g/mol. The van der Waals surface area contributed by atoms with E-state index in [9.17, 15) is 20.4 Å². The minimum absolute atomic E-state index is 0.311. The van der Waals surface area contributed by atoms with Gasteiger partial charge in [-0.3, -0.25) is 0 Å². The van der Waals surface area contributed by atoms with Crippen molar-refractivity contribution in [1.82, 2.24) is 0 Å². The standard InChI is InChI=1S/2C20H22O6/c2*21-11-15(22)17-18-16(24-20(25-17)14-9-5-2-6-10-14)12-23-19(26-18)13-7-3-1-4-8-13/h2*1-10,15-22H,11-12H2. The van der Waals surface area contributed by atoms with Crippen molar-refractivity contribution in [2.75, 3.05) is 26.4 Å². The minimum atomic E-state index is -1.08. The molecule has 12 atom stereocenters. The Balaban J connectivity index is 0.000000162. The second-order valence-electron chi connectivity index (χ2n) is 12.9. The maximum absolute atomic E-state index is 10.3. The Morgan fingerprint density at radius 2 is 0.731 bits per heavy atom. The highest BCUT2D eigenvalue weighted by Gasteiger charge is 2.49. The van der Waals surface area contributed by atoms with E-state index in [-0.39, 0.29) is 0 Å². The third-order valence-corrected chi connectivity index (χ3v) is 9.34. The molecular weight excluding hydrogens is 672 g/mol. The number of hydrogen-bond donors (Lipinski definition) is 4. The van der Waals surface area contributed by atoms with Crippen LogP contribution in [0.2, 0.25) is 0 Å². The number of aliphatic hydroxyl groups is 4. The Hall–Kier alpha value is -3.60. The SMILES string of the molecule is OCC(O)C1OC(c2ccccc2)OC2COC(c3ccccc3)OC21.OCC(O)C1OC(c2ccccc2)OC2COC(c3ccccc3)OC21. The number of benzene rings is 4. The number of fused-ring (bicyclic) bond motifs is 2. The lowest BCUT2D eigenvalue weighted by molar-refractivity contribution is -0.373. The summed E-state index contributed by atoms with van der Waals surface area (Å²) in [5.41, 5.74) is 3.44. The zero-order valence-electron chi connectivity index (χ0n) is 28.4. The van der Waals surface area contributed by atoms with Crippen molar-refractivity contribution < 1.29 is 58.3 Å². The molecule has 4 heterocycles. The molecule has 12 heteroatoms. The van der Waals surface area contributed by atoms with Gasteiger partial charge in [-0.2, -0.15) is 0 Å². The summed E-state index contributed by atoms with van der Waals surface area (Å²) in [6, 6.07) is 38.1. The Bertz CT molecular complexity index is 1510. The van der Waals surface area contributed by atoms with Crippen LogP contribution in [-0.2, 0) is 37.9 Å². The van der Waals surface area contributed by atoms with Crippen LogP contribution in [0.1, 0.15) is 47.4 Å². The highest BCUT2D eigenvalue weighted by atomic mass is 16.8. The lowest BCUT2D eigenvalue weighted by Crippen LogP contribution is -2.58. The normalized spacial score (nSPS) is 32.6. The maximum Gasteiger partial charge on any atom is 0.184 e. The lowest BCUT2D eigenvalue weighted by atomic mass is 9.99. The number of aliphatic hydroxyl groups excluding tert-OH is 4. The molecule has 52 heavy (non-hydrogen) atoms. The zero-order valence-corrected chi connectivity index (χ0v) is 28.4. The Morgan fingerprint density at radius 1 is 0.423 bits per heavy atom. The number of rotatable bonds is 8. The van der Waals surface area contributed by atoms with Gasteiger partial charge in [0, 0.05) is 22.3 Å². The van der Waals surface area contributed by atoms with Crippen LogP contribution in [0.15, 0.2) is 121 Å². The second kappa shape index (κ2) is 17.5. The summed E-state index contributed by atoms with van der Waals surface area (Å²) >= 11 is 0. The van der Waals surface area contributed by atoms with Crippen LogP contribution >= 0.6 is 0 Å². The van der Waals surface area contributed by atoms with E-state index in [1.54, 1.807) is 0 Å². The predicted octanol–water partition coefficient (Wildman–Crippen LogP) is 3.87. The molecule has 0 saturated carbocycles. The first kappa shape index (κ1) is 36.7. The molecule has 4 aliphatic heterocycles. The van der Waals surface area contributed by atoms with E-state index in [2.05, 4.69) is 0 Å². The van der Waals surface area contributed by atoms with Gasteiger partial charge in [-0.05, 0) is 0 Å². The van der Waals surface area contributed by atoms with E-state index in [1.165, 1.54) is 0 Å². The molecule has 0 aromatic heterocycles. The first-order chi connectivity index (χ1) is 25.5. The second-order valence-corrected chi connectivity index (χ2v) is 12.9. The molecule has 8 rings (SSSR count). The summed E-state index contributed by atoms with van der Waals surface area (Å²) in [5, 5.41) is 39.5. The molecule has 4 aliphatic rings. The zero-order chi connectivity index (χ0) is 35.9. The van der Waals surface area contributed by atoms with Crippen LogP contribution in [0.25, 0.3) is 0 Å². The molecule has 0 spiro atoms. The summed E-state index contributed by atoms with van der Waals surface area (Å²) < 4.78 is 47.7. The smallest absolute Gasteiger partial charge is 0.184 e. The van der Waals surface area contributed by atoms with Gasteiger partial charge in [0.2, 0.25) is 0 Å². The summed E-state index contributed by atoms with van der Waals surface area (Å²) in [6.07, 6.45) is -7.92. The van der Waals surface area contributed by atoms with Gasteiger partial charge in [0.05, 0.1) is 26.4 Å². The van der Waals surface area contributed by atoms with E-state index < -0.39 is 87.2 Å². The monoisotopic (exact) mass is 716 g/mol. The van der Waals surface area contributed by atoms with E-state index >= 15 is 0 Å². The fourth-order valence-corrected chi connectivity index (χ4v) is 6.66. The van der Waals surface area contributed by atoms with Crippen LogP contribution < -0.4 is 0 Å². The molecule has 4 aromatic carbocycles. The van der Waals surface area contributed by atoms with Gasteiger partial charge in [0.15, 0.2) is 25.2 Å². The molecule has 12 nitrogen and oxygen atoms in total. The van der Waals surface area contributed by atoms with Crippen molar-refractivity contribution in [2.45, 2.75) is 74.0 Å². The number of ether oxygens (including phenoxy) is 8. The molecular formula is C40H44O12. The van der Waals surface area contributed by atoms with Crippen LogP contribution in [0, 0.1) is 0 Å². The summed E-state index contributed by atoms with van der Waals surface area (Å²) in [5.74, 6) is 0. The highest BCUT2D eigenvalue weighted by Crippen LogP contribution is 2.40. The molecule has 0 radical (unpaired) electrons. The van der Waals surface area contributed by atoms with Gasteiger partial charge < -0.3 is 58.3 Å². The van der Waals surface area contributed by atoms with Crippen LogP contribution in [0.5, 0.6) is 0 Å². The highest BCUT2D eigenvalue weighted by molar-refractivity contribution is 5.20. The van der Waals surface area contributed by atoms with Crippen molar-refractivity contribution in [3.05, 3.63) is 144 Å². The largest absolute Gasteiger partial charge is 0.394 e. The molecule has 4 N–H and O–H groups in total. The molecule has 0 bridgehead atoms. The van der Waals surface area contributed by atoms with Crippen LogP contribution in [0.4, 0.5) is 0 Å². The first-order valence-electron chi connectivity index (χ1n) is 17.5. The predicted molar refractivity (Wildman–Crippen MR) is 184 cm³/mol. The fourth-order valence-electron chi connectivity index (χ4n) is 6.66. The van der Waals surface area contributed by atoms with Gasteiger partial charge in [-0.1, -0.05) is 121 Å². The summed E-state index contributed by atoms with van der Waals surface area (Å²) in [4.78, 5) is 0. The number of hydrogen-bond acceptors (Lipinski definition) is 12. The topological polar surface area (TPSA) is 155 Å². The van der Waals surface area contributed by atoms with E-state index in [4.69, 9.17) is 37.9 Å². The van der Waals surface area contributed by atoms with Gasteiger partial charge in [0.1, 0.15) is 48.8 Å². The minimum Gasteiger partial charge on any atom is -0.394 e. The molecule has 4 saturated heterocycles. The van der Waals surface area contributed by atoms with Crippen molar-refractivity contribution in [3.63, 3.8) is 0 Å². The average Bonchev–Trinajstić information content (AvgIpc) is 3.23. The Kier molecular flexibility index (Phi) is 12.4. The third kappa shape index (κ3) is 8.45. The Morgan fingerprint density at radius 3 is 1.04 bits per heavy atom. The van der Waals surface area contributed by atoms with E-state index in [0.29, 0.717) is 13.2 Å². The molecule has 0 aliphatic carbocycles. The van der Waals surface area contributed by atoms with Crippen LogP contribution in [-0.4, -0.2) is 95.7 Å². The molecule has 276 valence electrons. The van der Waals surface area contributed by atoms with Crippen molar-refractivity contribution in [3.8, 4) is 0 Å². The van der Waals surface area contributed by atoms with E-state index in [1.807, 2.05) is 121 Å². The quantitative estimate of drug-likeness (QED) is 0.209. The summed E-state index contributed by atoms with van der Waals surface area (Å²) in [7, 11) is 0. The van der Waals surface area contributed by atoms with Crippen molar-refractivity contribution in [1.29, 1.82) is 0 Å².